The number of hydrogen-bond donors (Lipinski definition) is 0. The number of likely N-dealkylation sites (tertiary alicyclic amines) is 2. The van der Waals surface area contributed by atoms with Crippen molar-refractivity contribution in [2.75, 3.05) is 33.2 Å². The Hall–Kier alpha value is -0.0800. The van der Waals surface area contributed by atoms with Gasteiger partial charge in [0.05, 0.1) is 0 Å². The molecular formula is C14H30N2. The van der Waals surface area contributed by atoms with E-state index in [1.165, 1.54) is 51.9 Å². The molecule has 0 unspecified atom stereocenters. The van der Waals surface area contributed by atoms with Gasteiger partial charge in [-0.3, -0.25) is 0 Å². The monoisotopic (exact) mass is 226 g/mol. The Morgan fingerprint density at radius 2 is 1.31 bits per heavy atom. The van der Waals surface area contributed by atoms with Crippen LogP contribution < -0.4 is 0 Å². The minimum atomic E-state index is 0.902. The van der Waals surface area contributed by atoms with E-state index < -0.39 is 0 Å². The maximum Gasteiger partial charge on any atom is 0.0120 e. The van der Waals surface area contributed by atoms with Crippen molar-refractivity contribution in [3.05, 3.63) is 0 Å². The predicted octanol–water partition coefficient (Wildman–Crippen LogP) is 2.84. The molecule has 0 N–H and O–H groups in total. The fourth-order valence-corrected chi connectivity index (χ4v) is 2.75. The summed E-state index contributed by atoms with van der Waals surface area (Å²) in [5.74, 6) is 0.970. The van der Waals surface area contributed by atoms with Crippen molar-refractivity contribution in [1.29, 1.82) is 0 Å². The summed E-state index contributed by atoms with van der Waals surface area (Å²) in [5, 5.41) is 0. The molecule has 2 aliphatic rings. The van der Waals surface area contributed by atoms with Gasteiger partial charge >= 0.3 is 0 Å². The van der Waals surface area contributed by atoms with Gasteiger partial charge in [-0.1, -0.05) is 20.8 Å². The molecule has 0 aliphatic carbocycles. The van der Waals surface area contributed by atoms with Crippen molar-refractivity contribution < 1.29 is 0 Å². The molecule has 2 rings (SSSR count). The zero-order valence-corrected chi connectivity index (χ0v) is 11.7. The van der Waals surface area contributed by atoms with Gasteiger partial charge in [-0.15, -0.1) is 0 Å². The Morgan fingerprint density at radius 1 is 0.812 bits per heavy atom. The van der Waals surface area contributed by atoms with Crippen LogP contribution in [0.5, 0.6) is 0 Å². The first-order chi connectivity index (χ1) is 7.75. The van der Waals surface area contributed by atoms with Crippen LogP contribution in [-0.4, -0.2) is 49.1 Å². The molecule has 2 nitrogen and oxygen atoms in total. The third kappa shape index (κ3) is 4.06. The van der Waals surface area contributed by atoms with Gasteiger partial charge in [0.2, 0.25) is 0 Å². The van der Waals surface area contributed by atoms with Gasteiger partial charge in [0, 0.05) is 6.04 Å². The van der Waals surface area contributed by atoms with Crippen LogP contribution in [0.3, 0.4) is 0 Å². The largest absolute Gasteiger partial charge is 0.306 e. The number of hydrogen-bond acceptors (Lipinski definition) is 2. The maximum atomic E-state index is 2.74. The second-order valence-corrected chi connectivity index (χ2v) is 5.25. The Bertz CT molecular complexity index is 146. The van der Waals surface area contributed by atoms with Crippen LogP contribution in [0.2, 0.25) is 0 Å². The van der Waals surface area contributed by atoms with Gasteiger partial charge in [-0.25, -0.2) is 0 Å². The molecule has 0 atom stereocenters. The lowest BCUT2D eigenvalue weighted by Gasteiger charge is -2.40. The third-order valence-electron chi connectivity index (χ3n) is 4.02. The zero-order valence-electron chi connectivity index (χ0n) is 11.7. The Balaban J connectivity index is 0.000000606. The van der Waals surface area contributed by atoms with Crippen LogP contribution in [-0.2, 0) is 0 Å². The molecule has 0 amide bonds. The van der Waals surface area contributed by atoms with Crippen LogP contribution in [0, 0.1) is 5.92 Å². The molecule has 0 aromatic rings. The first kappa shape index (κ1) is 14.0. The fourth-order valence-electron chi connectivity index (χ4n) is 2.75. The molecule has 2 aliphatic heterocycles. The van der Waals surface area contributed by atoms with Crippen molar-refractivity contribution in [3.8, 4) is 0 Å². The molecule has 0 radical (unpaired) electrons. The third-order valence-corrected chi connectivity index (χ3v) is 4.02. The van der Waals surface area contributed by atoms with Crippen molar-refractivity contribution in [2.45, 2.75) is 52.5 Å². The highest BCUT2D eigenvalue weighted by molar-refractivity contribution is 4.81. The van der Waals surface area contributed by atoms with E-state index in [9.17, 15) is 0 Å². The Morgan fingerprint density at radius 3 is 1.81 bits per heavy atom. The van der Waals surface area contributed by atoms with Crippen LogP contribution in [0.4, 0.5) is 0 Å². The quantitative estimate of drug-likeness (QED) is 0.678. The highest BCUT2D eigenvalue weighted by atomic mass is 15.2. The molecule has 0 aromatic heterocycles. The van der Waals surface area contributed by atoms with Crippen LogP contribution in [0.25, 0.3) is 0 Å². The number of rotatable bonds is 1. The first-order valence-corrected chi connectivity index (χ1v) is 7.18. The van der Waals surface area contributed by atoms with Crippen molar-refractivity contribution >= 4 is 0 Å². The fraction of sp³-hybridized carbons (Fsp3) is 1.00. The highest BCUT2D eigenvalue weighted by Gasteiger charge is 2.25. The van der Waals surface area contributed by atoms with E-state index in [-0.39, 0.29) is 0 Å². The Kier molecular flexibility index (Phi) is 6.37. The average Bonchev–Trinajstić information content (AvgIpc) is 2.34. The minimum absolute atomic E-state index is 0.902. The summed E-state index contributed by atoms with van der Waals surface area (Å²) in [6, 6.07) is 0.902. The first-order valence-electron chi connectivity index (χ1n) is 7.18. The van der Waals surface area contributed by atoms with E-state index in [2.05, 4.69) is 23.8 Å². The number of nitrogens with zero attached hydrogens (tertiary/aromatic N) is 2. The maximum absolute atomic E-state index is 2.74. The van der Waals surface area contributed by atoms with E-state index in [1.54, 1.807) is 0 Å². The zero-order chi connectivity index (χ0) is 12.0. The SMILES string of the molecule is CC.CC1CCN(C2CCN(C)CC2)CC1. The Labute approximate surface area is 102 Å². The molecule has 2 heteroatoms. The normalized spacial score (nSPS) is 26.2. The second-order valence-electron chi connectivity index (χ2n) is 5.25. The molecule has 2 heterocycles. The summed E-state index contributed by atoms with van der Waals surface area (Å²) >= 11 is 0. The van der Waals surface area contributed by atoms with Crippen LogP contribution in [0.1, 0.15) is 46.5 Å². The highest BCUT2D eigenvalue weighted by Crippen LogP contribution is 2.22. The summed E-state index contributed by atoms with van der Waals surface area (Å²) in [4.78, 5) is 5.20. The molecule has 96 valence electrons. The van der Waals surface area contributed by atoms with E-state index >= 15 is 0 Å². The second kappa shape index (κ2) is 7.29. The number of piperidine rings is 2. The van der Waals surface area contributed by atoms with E-state index in [4.69, 9.17) is 0 Å². The summed E-state index contributed by atoms with van der Waals surface area (Å²) in [6.07, 6.45) is 5.63. The van der Waals surface area contributed by atoms with Gasteiger partial charge in [0.25, 0.3) is 0 Å². The molecular weight excluding hydrogens is 196 g/mol. The van der Waals surface area contributed by atoms with Gasteiger partial charge in [-0.05, 0) is 64.8 Å². The van der Waals surface area contributed by atoms with Crippen LogP contribution >= 0.6 is 0 Å². The van der Waals surface area contributed by atoms with E-state index in [1.807, 2.05) is 13.8 Å². The smallest absolute Gasteiger partial charge is 0.0120 e. The van der Waals surface area contributed by atoms with Gasteiger partial charge in [0.15, 0.2) is 0 Å². The summed E-state index contributed by atoms with van der Waals surface area (Å²) in [6.45, 7) is 11.7. The van der Waals surface area contributed by atoms with E-state index in [0.717, 1.165) is 12.0 Å². The lowest BCUT2D eigenvalue weighted by molar-refractivity contribution is 0.0887. The molecule has 2 saturated heterocycles. The molecule has 0 aromatic carbocycles. The lowest BCUT2D eigenvalue weighted by atomic mass is 9.95. The van der Waals surface area contributed by atoms with Crippen molar-refractivity contribution in [1.82, 2.24) is 9.80 Å². The average molecular weight is 226 g/mol. The summed E-state index contributed by atoms with van der Waals surface area (Å²) < 4.78 is 0. The van der Waals surface area contributed by atoms with Crippen molar-refractivity contribution in [3.63, 3.8) is 0 Å². The van der Waals surface area contributed by atoms with E-state index in [0.29, 0.717) is 0 Å². The van der Waals surface area contributed by atoms with Gasteiger partial charge in [-0.2, -0.15) is 0 Å². The topological polar surface area (TPSA) is 6.48 Å². The molecule has 0 bridgehead atoms. The minimum Gasteiger partial charge on any atom is -0.306 e. The molecule has 0 saturated carbocycles. The summed E-state index contributed by atoms with van der Waals surface area (Å²) in [5.41, 5.74) is 0. The molecule has 16 heavy (non-hydrogen) atoms. The standard InChI is InChI=1S/C12H24N2.C2H6/c1-11-3-9-14(10-4-11)12-5-7-13(2)8-6-12;1-2/h11-12H,3-10H2,1-2H3;1-2H3. The lowest BCUT2D eigenvalue weighted by Crippen LogP contribution is -2.46. The molecule has 0 spiro atoms. The predicted molar refractivity (Wildman–Crippen MR) is 71.8 cm³/mol. The van der Waals surface area contributed by atoms with Gasteiger partial charge < -0.3 is 9.80 Å². The van der Waals surface area contributed by atoms with Crippen molar-refractivity contribution in [2.24, 2.45) is 5.92 Å². The summed E-state index contributed by atoms with van der Waals surface area (Å²) in [7, 11) is 2.24. The van der Waals surface area contributed by atoms with Gasteiger partial charge in [0.1, 0.15) is 0 Å². The molecule has 2 fully saturated rings. The van der Waals surface area contributed by atoms with Crippen LogP contribution in [0.15, 0.2) is 0 Å².